The van der Waals surface area contributed by atoms with E-state index in [9.17, 15) is 12.8 Å². The predicted octanol–water partition coefficient (Wildman–Crippen LogP) is 0.579. The van der Waals surface area contributed by atoms with Gasteiger partial charge in [0.15, 0.2) is 5.82 Å². The van der Waals surface area contributed by atoms with Gasteiger partial charge in [-0.3, -0.25) is 0 Å². The first-order chi connectivity index (χ1) is 7.85. The Kier molecular flexibility index (Phi) is 4.55. The van der Waals surface area contributed by atoms with Gasteiger partial charge in [-0.15, -0.1) is 0 Å². The summed E-state index contributed by atoms with van der Waals surface area (Å²) in [7, 11) is -2.49. The van der Waals surface area contributed by atoms with Gasteiger partial charge >= 0.3 is 0 Å². The molecule has 1 rings (SSSR count). The summed E-state index contributed by atoms with van der Waals surface area (Å²) in [6, 6.07) is 2.30. The second kappa shape index (κ2) is 5.52. The van der Waals surface area contributed by atoms with Crippen molar-refractivity contribution < 1.29 is 12.8 Å². The molecule has 7 heteroatoms. The molecule has 1 heterocycles. The van der Waals surface area contributed by atoms with Crippen molar-refractivity contribution in [2.24, 2.45) is 5.73 Å². The SMILES string of the molecule is CC(N)CCN(C)S(=O)(=O)c1ncccc1F. The summed E-state index contributed by atoms with van der Waals surface area (Å²) in [5.74, 6) is -0.847. The molecule has 5 nitrogen and oxygen atoms in total. The van der Waals surface area contributed by atoms with E-state index in [0.29, 0.717) is 6.42 Å². The van der Waals surface area contributed by atoms with Crippen molar-refractivity contribution in [1.82, 2.24) is 9.29 Å². The van der Waals surface area contributed by atoms with Gasteiger partial charge in [0, 0.05) is 25.8 Å². The number of nitrogens with zero attached hydrogens (tertiary/aromatic N) is 2. The molecule has 0 aliphatic carbocycles. The van der Waals surface area contributed by atoms with Crippen molar-refractivity contribution in [3.05, 3.63) is 24.1 Å². The van der Waals surface area contributed by atoms with Gasteiger partial charge < -0.3 is 5.73 Å². The zero-order chi connectivity index (χ0) is 13.1. The Morgan fingerprint density at radius 2 is 2.24 bits per heavy atom. The van der Waals surface area contributed by atoms with Crippen LogP contribution >= 0.6 is 0 Å². The Bertz CT molecular complexity index is 476. The van der Waals surface area contributed by atoms with Crippen molar-refractivity contribution in [2.45, 2.75) is 24.4 Å². The molecular weight excluding hydrogens is 245 g/mol. The van der Waals surface area contributed by atoms with Crippen LogP contribution in [0, 0.1) is 5.82 Å². The lowest BCUT2D eigenvalue weighted by molar-refractivity contribution is 0.438. The van der Waals surface area contributed by atoms with Crippen molar-refractivity contribution >= 4 is 10.0 Å². The minimum absolute atomic E-state index is 0.110. The summed E-state index contributed by atoms with van der Waals surface area (Å²) in [5, 5.41) is -0.549. The number of aromatic nitrogens is 1. The average Bonchev–Trinajstić information content (AvgIpc) is 2.26. The van der Waals surface area contributed by atoms with E-state index in [1.807, 2.05) is 0 Å². The smallest absolute Gasteiger partial charge is 0.263 e. The van der Waals surface area contributed by atoms with E-state index in [1.54, 1.807) is 6.92 Å². The molecule has 0 saturated carbocycles. The van der Waals surface area contributed by atoms with Crippen LogP contribution in [-0.4, -0.2) is 37.3 Å². The van der Waals surface area contributed by atoms with Crippen LogP contribution in [0.25, 0.3) is 0 Å². The van der Waals surface area contributed by atoms with E-state index in [4.69, 9.17) is 5.73 Å². The Morgan fingerprint density at radius 1 is 1.59 bits per heavy atom. The maximum absolute atomic E-state index is 13.4. The van der Waals surface area contributed by atoms with Crippen LogP contribution in [0.5, 0.6) is 0 Å². The highest BCUT2D eigenvalue weighted by molar-refractivity contribution is 7.89. The molecule has 2 N–H and O–H groups in total. The Morgan fingerprint density at radius 3 is 2.76 bits per heavy atom. The van der Waals surface area contributed by atoms with Gasteiger partial charge in [0.1, 0.15) is 0 Å². The predicted molar refractivity (Wildman–Crippen MR) is 62.3 cm³/mol. The molecule has 1 unspecified atom stereocenters. The molecule has 0 aliphatic heterocycles. The molecule has 1 atom stereocenters. The van der Waals surface area contributed by atoms with E-state index in [1.165, 1.54) is 19.3 Å². The molecular formula is C10H16FN3O2S. The minimum atomic E-state index is -3.87. The van der Waals surface area contributed by atoms with Gasteiger partial charge in [-0.25, -0.2) is 17.8 Å². The lowest BCUT2D eigenvalue weighted by Crippen LogP contribution is -2.32. The third-order valence-corrected chi connectivity index (χ3v) is 4.07. The van der Waals surface area contributed by atoms with Crippen LogP contribution in [0.1, 0.15) is 13.3 Å². The van der Waals surface area contributed by atoms with Crippen LogP contribution in [0.4, 0.5) is 4.39 Å². The molecule has 0 amide bonds. The molecule has 1 aromatic heterocycles. The minimum Gasteiger partial charge on any atom is -0.328 e. The number of rotatable bonds is 5. The molecule has 0 fully saturated rings. The maximum Gasteiger partial charge on any atom is 0.263 e. The average molecular weight is 261 g/mol. The van der Waals surface area contributed by atoms with E-state index < -0.39 is 20.9 Å². The molecule has 0 spiro atoms. The van der Waals surface area contributed by atoms with E-state index >= 15 is 0 Å². The van der Waals surface area contributed by atoms with Gasteiger partial charge in [0.25, 0.3) is 10.0 Å². The quantitative estimate of drug-likeness (QED) is 0.841. The number of pyridine rings is 1. The monoisotopic (exact) mass is 261 g/mol. The van der Waals surface area contributed by atoms with Crippen molar-refractivity contribution in [1.29, 1.82) is 0 Å². The second-order valence-corrected chi connectivity index (χ2v) is 5.84. The van der Waals surface area contributed by atoms with Gasteiger partial charge in [0.05, 0.1) is 0 Å². The van der Waals surface area contributed by atoms with Crippen LogP contribution in [0.15, 0.2) is 23.4 Å². The summed E-state index contributed by atoms with van der Waals surface area (Å²) < 4.78 is 38.3. The van der Waals surface area contributed by atoms with E-state index in [-0.39, 0.29) is 12.6 Å². The van der Waals surface area contributed by atoms with E-state index in [2.05, 4.69) is 4.98 Å². The second-order valence-electron chi connectivity index (χ2n) is 3.88. The number of hydrogen-bond donors (Lipinski definition) is 1. The van der Waals surface area contributed by atoms with Gasteiger partial charge in [0.2, 0.25) is 5.03 Å². The topological polar surface area (TPSA) is 76.3 Å². The molecule has 0 aliphatic rings. The fourth-order valence-corrected chi connectivity index (χ4v) is 2.36. The normalized spacial score (nSPS) is 13.9. The first kappa shape index (κ1) is 14.0. The highest BCUT2D eigenvalue weighted by Crippen LogP contribution is 2.15. The van der Waals surface area contributed by atoms with Crippen LogP contribution in [0.2, 0.25) is 0 Å². The van der Waals surface area contributed by atoms with Crippen molar-refractivity contribution in [3.8, 4) is 0 Å². The standard InChI is InChI=1S/C10H16FN3O2S/c1-8(12)5-7-14(2)17(15,16)10-9(11)4-3-6-13-10/h3-4,6,8H,5,7,12H2,1-2H3. The Hall–Kier alpha value is -1.05. The molecule has 96 valence electrons. The third kappa shape index (κ3) is 3.45. The van der Waals surface area contributed by atoms with Crippen LogP contribution in [0.3, 0.4) is 0 Å². The third-order valence-electron chi connectivity index (χ3n) is 2.28. The van der Waals surface area contributed by atoms with Crippen molar-refractivity contribution in [3.63, 3.8) is 0 Å². The zero-order valence-corrected chi connectivity index (χ0v) is 10.6. The number of hydrogen-bond acceptors (Lipinski definition) is 4. The van der Waals surface area contributed by atoms with Crippen LogP contribution < -0.4 is 5.73 Å². The molecule has 0 bridgehead atoms. The maximum atomic E-state index is 13.4. The largest absolute Gasteiger partial charge is 0.328 e. The lowest BCUT2D eigenvalue weighted by atomic mass is 10.2. The summed E-state index contributed by atoms with van der Waals surface area (Å²) in [5.41, 5.74) is 5.54. The first-order valence-electron chi connectivity index (χ1n) is 5.18. The molecule has 0 saturated heterocycles. The highest BCUT2D eigenvalue weighted by atomic mass is 32.2. The summed E-state index contributed by atoms with van der Waals surface area (Å²) in [4.78, 5) is 3.56. The van der Waals surface area contributed by atoms with Gasteiger partial charge in [-0.2, -0.15) is 4.31 Å². The molecule has 1 aromatic rings. The van der Waals surface area contributed by atoms with Crippen molar-refractivity contribution in [2.75, 3.05) is 13.6 Å². The number of nitrogens with two attached hydrogens (primary N) is 1. The Balaban J connectivity index is 2.92. The first-order valence-corrected chi connectivity index (χ1v) is 6.62. The summed E-state index contributed by atoms with van der Waals surface area (Å²) in [6.07, 6.45) is 1.75. The number of sulfonamides is 1. The fraction of sp³-hybridized carbons (Fsp3) is 0.500. The van der Waals surface area contributed by atoms with Gasteiger partial charge in [-0.05, 0) is 25.5 Å². The van der Waals surface area contributed by atoms with Crippen LogP contribution in [-0.2, 0) is 10.0 Å². The van der Waals surface area contributed by atoms with Gasteiger partial charge in [-0.1, -0.05) is 0 Å². The fourth-order valence-electron chi connectivity index (χ4n) is 1.21. The highest BCUT2D eigenvalue weighted by Gasteiger charge is 2.25. The lowest BCUT2D eigenvalue weighted by Gasteiger charge is -2.17. The summed E-state index contributed by atoms with van der Waals surface area (Å²) >= 11 is 0. The zero-order valence-electron chi connectivity index (χ0n) is 9.80. The summed E-state index contributed by atoms with van der Waals surface area (Å²) in [6.45, 7) is 2.01. The molecule has 0 radical (unpaired) electrons. The Labute approximate surface area is 101 Å². The number of halogens is 1. The molecule has 0 aromatic carbocycles. The molecule has 17 heavy (non-hydrogen) atoms. The van der Waals surface area contributed by atoms with E-state index in [0.717, 1.165) is 10.4 Å².